The van der Waals surface area contributed by atoms with Crippen molar-refractivity contribution in [3.8, 4) is 5.75 Å². The number of para-hydroxylation sites is 1. The monoisotopic (exact) mass is 503 g/mol. The Labute approximate surface area is 213 Å². The van der Waals surface area contributed by atoms with E-state index in [4.69, 9.17) is 4.74 Å². The number of nitrogens with one attached hydrogen (secondary N) is 1. The molecular formula is C27H29N5O3S. The fourth-order valence-corrected chi connectivity index (χ4v) is 5.48. The van der Waals surface area contributed by atoms with Crippen molar-refractivity contribution < 1.29 is 14.3 Å². The standard InChI is InChI=1S/C27H29N5O3S/c1-35-22-10-6-7-19(15-22)16-31(25(33)17-32-24-12-5-4-11-23(24)29-30-32)26(20-13-14-36-18-20)27(34)28-21-8-2-3-9-21/h4-7,10-15,18,21,26H,2-3,8-9,16-17H2,1H3,(H,28,34)/t26-/m1/s1. The first kappa shape index (κ1) is 24.0. The Morgan fingerprint density at radius 2 is 2.00 bits per heavy atom. The maximum absolute atomic E-state index is 13.9. The van der Waals surface area contributed by atoms with Crippen LogP contribution in [0.1, 0.15) is 42.9 Å². The summed E-state index contributed by atoms with van der Waals surface area (Å²) >= 11 is 1.51. The predicted octanol–water partition coefficient (Wildman–Crippen LogP) is 4.33. The van der Waals surface area contributed by atoms with E-state index in [0.29, 0.717) is 5.75 Å². The number of aromatic nitrogens is 3. The predicted molar refractivity (Wildman–Crippen MR) is 139 cm³/mol. The normalized spacial score (nSPS) is 14.6. The molecule has 0 radical (unpaired) electrons. The second-order valence-corrected chi connectivity index (χ2v) is 9.84. The van der Waals surface area contributed by atoms with E-state index >= 15 is 0 Å². The zero-order valence-corrected chi connectivity index (χ0v) is 21.0. The van der Waals surface area contributed by atoms with Gasteiger partial charge in [0.25, 0.3) is 0 Å². The highest BCUT2D eigenvalue weighted by molar-refractivity contribution is 7.08. The first-order valence-electron chi connectivity index (χ1n) is 12.2. The molecule has 0 aliphatic heterocycles. The van der Waals surface area contributed by atoms with Gasteiger partial charge in [0.05, 0.1) is 12.6 Å². The van der Waals surface area contributed by atoms with Crippen LogP contribution in [0, 0.1) is 0 Å². The average Bonchev–Trinajstić information content (AvgIpc) is 3.67. The number of ether oxygens (including phenoxy) is 1. The van der Waals surface area contributed by atoms with Crippen LogP contribution in [0.25, 0.3) is 11.0 Å². The van der Waals surface area contributed by atoms with Crippen molar-refractivity contribution in [2.45, 2.75) is 50.9 Å². The smallest absolute Gasteiger partial charge is 0.247 e. The Morgan fingerprint density at radius 1 is 1.17 bits per heavy atom. The van der Waals surface area contributed by atoms with E-state index in [2.05, 4.69) is 15.6 Å². The molecule has 0 spiro atoms. The molecule has 0 saturated heterocycles. The minimum absolute atomic E-state index is 0.0260. The Kier molecular flexibility index (Phi) is 7.27. The second kappa shape index (κ2) is 10.9. The number of carbonyl (C=O) groups excluding carboxylic acids is 2. The first-order valence-corrected chi connectivity index (χ1v) is 13.1. The van der Waals surface area contributed by atoms with Gasteiger partial charge < -0.3 is 15.0 Å². The Morgan fingerprint density at radius 3 is 2.78 bits per heavy atom. The van der Waals surface area contributed by atoms with Gasteiger partial charge >= 0.3 is 0 Å². The van der Waals surface area contributed by atoms with Crippen LogP contribution >= 0.6 is 11.3 Å². The summed E-state index contributed by atoms with van der Waals surface area (Å²) in [5.74, 6) is 0.330. The number of hydrogen-bond acceptors (Lipinski definition) is 6. The van der Waals surface area contributed by atoms with Gasteiger partial charge in [-0.05, 0) is 65.1 Å². The molecule has 0 unspecified atom stereocenters. The van der Waals surface area contributed by atoms with Crippen LogP contribution in [0.15, 0.2) is 65.4 Å². The number of carbonyl (C=O) groups is 2. The molecule has 5 rings (SSSR count). The number of fused-ring (bicyclic) bond motifs is 1. The molecule has 36 heavy (non-hydrogen) atoms. The number of rotatable bonds is 9. The summed E-state index contributed by atoms with van der Waals surface area (Å²) in [4.78, 5) is 29.3. The fourth-order valence-electron chi connectivity index (χ4n) is 4.80. The van der Waals surface area contributed by atoms with Gasteiger partial charge in [0.2, 0.25) is 11.8 Å². The molecule has 2 heterocycles. The summed E-state index contributed by atoms with van der Waals surface area (Å²) in [6.45, 7) is 0.225. The molecule has 1 fully saturated rings. The van der Waals surface area contributed by atoms with Crippen molar-refractivity contribution in [1.29, 1.82) is 0 Å². The molecule has 1 saturated carbocycles. The summed E-state index contributed by atoms with van der Waals surface area (Å²) in [5, 5.41) is 15.5. The van der Waals surface area contributed by atoms with Crippen molar-refractivity contribution in [1.82, 2.24) is 25.2 Å². The molecular weight excluding hydrogens is 474 g/mol. The first-order chi connectivity index (χ1) is 17.6. The zero-order valence-electron chi connectivity index (χ0n) is 20.2. The lowest BCUT2D eigenvalue weighted by Gasteiger charge is -2.32. The SMILES string of the molecule is COc1cccc(CN(C(=O)Cn2nnc3ccccc32)[C@@H](C(=O)NC2CCCC2)c2ccsc2)c1. The van der Waals surface area contributed by atoms with Crippen molar-refractivity contribution in [2.24, 2.45) is 0 Å². The van der Waals surface area contributed by atoms with Crippen LogP contribution in [0.2, 0.25) is 0 Å². The van der Waals surface area contributed by atoms with Crippen molar-refractivity contribution in [3.05, 3.63) is 76.5 Å². The third-order valence-corrected chi connectivity index (χ3v) is 7.33. The maximum Gasteiger partial charge on any atom is 0.247 e. The van der Waals surface area contributed by atoms with Gasteiger partial charge in [-0.25, -0.2) is 4.68 Å². The number of nitrogens with zero attached hydrogens (tertiary/aromatic N) is 4. The lowest BCUT2D eigenvalue weighted by molar-refractivity contribution is -0.142. The van der Waals surface area contributed by atoms with Crippen LogP contribution in [-0.2, 0) is 22.7 Å². The fraction of sp³-hybridized carbons (Fsp3) is 0.333. The molecule has 1 atom stereocenters. The topological polar surface area (TPSA) is 89.3 Å². The van der Waals surface area contributed by atoms with E-state index in [1.54, 1.807) is 16.7 Å². The van der Waals surface area contributed by atoms with Crippen molar-refractivity contribution in [2.75, 3.05) is 7.11 Å². The van der Waals surface area contributed by atoms with E-state index < -0.39 is 6.04 Å². The minimum Gasteiger partial charge on any atom is -0.497 e. The molecule has 1 N–H and O–H groups in total. The molecule has 186 valence electrons. The number of amides is 2. The van der Waals surface area contributed by atoms with Crippen LogP contribution in [0.4, 0.5) is 0 Å². The Hall–Kier alpha value is -3.72. The minimum atomic E-state index is -0.759. The van der Waals surface area contributed by atoms with Gasteiger partial charge in [0.1, 0.15) is 23.9 Å². The quantitative estimate of drug-likeness (QED) is 0.367. The molecule has 2 aromatic heterocycles. The van der Waals surface area contributed by atoms with Crippen molar-refractivity contribution >= 4 is 34.2 Å². The van der Waals surface area contributed by atoms with Gasteiger partial charge in [0, 0.05) is 12.6 Å². The largest absolute Gasteiger partial charge is 0.497 e. The third-order valence-electron chi connectivity index (χ3n) is 6.63. The number of benzene rings is 2. The highest BCUT2D eigenvalue weighted by Crippen LogP contribution is 2.28. The number of methoxy groups -OCH3 is 1. The van der Waals surface area contributed by atoms with Crippen LogP contribution in [-0.4, -0.2) is 44.9 Å². The van der Waals surface area contributed by atoms with Gasteiger partial charge in [-0.1, -0.05) is 42.3 Å². The van der Waals surface area contributed by atoms with Gasteiger partial charge in [-0.15, -0.1) is 5.10 Å². The van der Waals surface area contributed by atoms with Crippen molar-refractivity contribution in [3.63, 3.8) is 0 Å². The van der Waals surface area contributed by atoms with E-state index in [1.807, 2.05) is 65.4 Å². The number of thiophene rings is 1. The molecule has 2 aromatic carbocycles. The molecule has 1 aliphatic rings. The lowest BCUT2D eigenvalue weighted by atomic mass is 10.0. The molecule has 2 amide bonds. The average molecular weight is 504 g/mol. The van der Waals surface area contributed by atoms with Crippen LogP contribution < -0.4 is 10.1 Å². The van der Waals surface area contributed by atoms with E-state index in [-0.39, 0.29) is 30.9 Å². The summed E-state index contributed by atoms with van der Waals surface area (Å²) in [6, 6.07) is 16.4. The van der Waals surface area contributed by atoms with E-state index in [0.717, 1.165) is 47.8 Å². The van der Waals surface area contributed by atoms with E-state index in [1.165, 1.54) is 11.3 Å². The molecule has 9 heteroatoms. The summed E-state index contributed by atoms with van der Waals surface area (Å²) in [5.41, 5.74) is 3.17. The van der Waals surface area contributed by atoms with Crippen LogP contribution in [0.3, 0.4) is 0 Å². The third kappa shape index (κ3) is 5.26. The molecule has 8 nitrogen and oxygen atoms in total. The summed E-state index contributed by atoms with van der Waals surface area (Å²) < 4.78 is 6.99. The highest BCUT2D eigenvalue weighted by Gasteiger charge is 2.34. The van der Waals surface area contributed by atoms with Gasteiger partial charge in [-0.2, -0.15) is 11.3 Å². The molecule has 4 aromatic rings. The highest BCUT2D eigenvalue weighted by atomic mass is 32.1. The van der Waals surface area contributed by atoms with Crippen LogP contribution in [0.5, 0.6) is 5.75 Å². The summed E-state index contributed by atoms with van der Waals surface area (Å²) in [6.07, 6.45) is 4.16. The lowest BCUT2D eigenvalue weighted by Crippen LogP contribution is -2.46. The van der Waals surface area contributed by atoms with E-state index in [9.17, 15) is 9.59 Å². The number of hydrogen-bond donors (Lipinski definition) is 1. The maximum atomic E-state index is 13.9. The Balaban J connectivity index is 1.50. The molecule has 0 bridgehead atoms. The van der Waals surface area contributed by atoms with Gasteiger partial charge in [0.15, 0.2) is 0 Å². The summed E-state index contributed by atoms with van der Waals surface area (Å²) in [7, 11) is 1.61. The second-order valence-electron chi connectivity index (χ2n) is 9.06. The Bertz CT molecular complexity index is 1330. The molecule has 1 aliphatic carbocycles. The van der Waals surface area contributed by atoms with Gasteiger partial charge in [-0.3, -0.25) is 9.59 Å². The zero-order chi connectivity index (χ0) is 24.9.